The van der Waals surface area contributed by atoms with Crippen LogP contribution in [-0.4, -0.2) is 18.1 Å². The third kappa shape index (κ3) is 3.10. The van der Waals surface area contributed by atoms with Crippen molar-refractivity contribution in [1.82, 2.24) is 4.98 Å². The molecule has 0 fully saturated rings. The number of aromatic nitrogens is 1. The summed E-state index contributed by atoms with van der Waals surface area (Å²) in [6.07, 6.45) is -3.09. The molecule has 7 heteroatoms. The van der Waals surface area contributed by atoms with Gasteiger partial charge in [-0.1, -0.05) is 0 Å². The minimum Gasteiger partial charge on any atom is -0.469 e. The summed E-state index contributed by atoms with van der Waals surface area (Å²) in [4.78, 5) is 24.6. The number of pyridine rings is 1. The molecule has 0 spiro atoms. The molecule has 1 aromatic heterocycles. The van der Waals surface area contributed by atoms with Crippen LogP contribution in [-0.2, 0) is 22.5 Å². The zero-order valence-corrected chi connectivity index (χ0v) is 9.13. The molecule has 94 valence electrons. The molecule has 0 aromatic carbocycles. The molecule has 3 N–H and O–H groups in total. The number of rotatable bonds is 4. The summed E-state index contributed by atoms with van der Waals surface area (Å²) >= 11 is 0. The van der Waals surface area contributed by atoms with Gasteiger partial charge in [-0.15, -0.1) is 0 Å². The van der Waals surface area contributed by atoms with Crippen molar-refractivity contribution in [1.29, 1.82) is 0 Å². The van der Waals surface area contributed by atoms with Crippen molar-refractivity contribution in [3.63, 3.8) is 0 Å². The van der Waals surface area contributed by atoms with Crippen molar-refractivity contribution in [2.24, 2.45) is 5.73 Å². The third-order valence-corrected chi connectivity index (χ3v) is 2.21. The minimum atomic E-state index is -2.90. The topological polar surface area (TPSA) is 85.2 Å². The largest absolute Gasteiger partial charge is 0.469 e. The number of halogens is 2. The van der Waals surface area contributed by atoms with E-state index in [4.69, 9.17) is 5.73 Å². The minimum absolute atomic E-state index is 0.0302. The van der Waals surface area contributed by atoms with E-state index in [9.17, 15) is 18.4 Å². The first-order valence-corrected chi connectivity index (χ1v) is 4.79. The van der Waals surface area contributed by atoms with E-state index in [0.717, 1.165) is 0 Å². The standard InChI is InChI=1S/C10H12F2N2O3/c1-17-7(15)3-6-2-5(4-13)8(9(11)12)10(16)14-6/h2,9H,3-4,13H2,1H3,(H,14,16). The van der Waals surface area contributed by atoms with E-state index >= 15 is 0 Å². The molecule has 0 aliphatic heterocycles. The van der Waals surface area contributed by atoms with Crippen LogP contribution in [0.1, 0.15) is 23.2 Å². The number of nitrogens with two attached hydrogens (primary N) is 1. The lowest BCUT2D eigenvalue weighted by Crippen LogP contribution is -2.21. The van der Waals surface area contributed by atoms with Gasteiger partial charge >= 0.3 is 5.97 Å². The number of carbonyl (C=O) groups excluding carboxylic acids is 1. The van der Waals surface area contributed by atoms with E-state index in [0.29, 0.717) is 0 Å². The van der Waals surface area contributed by atoms with Crippen LogP contribution < -0.4 is 11.3 Å². The molecular formula is C10H12F2N2O3. The number of ether oxygens (including phenoxy) is 1. The van der Waals surface area contributed by atoms with E-state index < -0.39 is 23.5 Å². The number of esters is 1. The van der Waals surface area contributed by atoms with Crippen LogP contribution in [0, 0.1) is 0 Å². The molecule has 0 saturated carbocycles. The van der Waals surface area contributed by atoms with Gasteiger partial charge < -0.3 is 15.5 Å². The Morgan fingerprint density at radius 2 is 2.24 bits per heavy atom. The van der Waals surface area contributed by atoms with Gasteiger partial charge in [-0.05, 0) is 11.6 Å². The second kappa shape index (κ2) is 5.53. The number of hydrogen-bond acceptors (Lipinski definition) is 4. The summed E-state index contributed by atoms with van der Waals surface area (Å²) < 4.78 is 29.5. The van der Waals surface area contributed by atoms with E-state index in [2.05, 4.69) is 9.72 Å². The van der Waals surface area contributed by atoms with Gasteiger partial charge in [0.2, 0.25) is 0 Å². The van der Waals surface area contributed by atoms with E-state index in [1.807, 2.05) is 0 Å². The van der Waals surface area contributed by atoms with Crippen LogP contribution >= 0.6 is 0 Å². The Kier molecular flexibility index (Phi) is 4.33. The number of nitrogens with one attached hydrogen (secondary N) is 1. The molecule has 0 aliphatic rings. The first-order chi connectivity index (χ1) is 7.99. The Morgan fingerprint density at radius 3 is 2.71 bits per heavy atom. The zero-order chi connectivity index (χ0) is 13.0. The quantitative estimate of drug-likeness (QED) is 0.757. The average molecular weight is 246 g/mol. The molecular weight excluding hydrogens is 234 g/mol. The average Bonchev–Trinajstić information content (AvgIpc) is 2.27. The van der Waals surface area contributed by atoms with Gasteiger partial charge in [-0.25, -0.2) is 8.78 Å². The van der Waals surface area contributed by atoms with Crippen molar-refractivity contribution < 1.29 is 18.3 Å². The third-order valence-electron chi connectivity index (χ3n) is 2.21. The molecule has 17 heavy (non-hydrogen) atoms. The van der Waals surface area contributed by atoms with Crippen molar-refractivity contribution >= 4 is 5.97 Å². The number of carbonyl (C=O) groups is 1. The summed E-state index contributed by atoms with van der Waals surface area (Å²) in [5.41, 5.74) is 3.94. The maximum absolute atomic E-state index is 12.6. The number of H-pyrrole nitrogens is 1. The number of hydrogen-bond donors (Lipinski definition) is 2. The molecule has 1 aromatic rings. The van der Waals surface area contributed by atoms with Gasteiger partial charge in [0.15, 0.2) is 0 Å². The lowest BCUT2D eigenvalue weighted by Gasteiger charge is -2.08. The lowest BCUT2D eigenvalue weighted by atomic mass is 10.1. The van der Waals surface area contributed by atoms with Gasteiger partial charge in [0.05, 0.1) is 19.1 Å². The smallest absolute Gasteiger partial charge is 0.311 e. The zero-order valence-electron chi connectivity index (χ0n) is 9.13. The molecule has 0 bridgehead atoms. The highest BCUT2D eigenvalue weighted by Crippen LogP contribution is 2.19. The highest BCUT2D eigenvalue weighted by Gasteiger charge is 2.18. The fraction of sp³-hybridized carbons (Fsp3) is 0.400. The van der Waals surface area contributed by atoms with Crippen molar-refractivity contribution in [2.75, 3.05) is 7.11 Å². The molecule has 1 heterocycles. The van der Waals surface area contributed by atoms with Gasteiger partial charge in [-0.3, -0.25) is 9.59 Å². The fourth-order valence-corrected chi connectivity index (χ4v) is 1.41. The summed E-state index contributed by atoms with van der Waals surface area (Å²) in [6, 6.07) is 1.28. The summed E-state index contributed by atoms with van der Waals surface area (Å²) in [5, 5.41) is 0. The van der Waals surface area contributed by atoms with Crippen LogP contribution in [0.25, 0.3) is 0 Å². The second-order valence-corrected chi connectivity index (χ2v) is 3.32. The van der Waals surface area contributed by atoms with Crippen LogP contribution in [0.5, 0.6) is 0 Å². The molecule has 0 unspecified atom stereocenters. The van der Waals surface area contributed by atoms with Crippen LogP contribution in [0.3, 0.4) is 0 Å². The van der Waals surface area contributed by atoms with E-state index in [1.54, 1.807) is 0 Å². The number of aromatic amines is 1. The number of alkyl halides is 2. The summed E-state index contributed by atoms with van der Waals surface area (Å²) in [7, 11) is 1.19. The Hall–Kier alpha value is -1.76. The maximum Gasteiger partial charge on any atom is 0.311 e. The SMILES string of the molecule is COC(=O)Cc1cc(CN)c(C(F)F)c(=O)[nH]1. The molecule has 0 saturated heterocycles. The van der Waals surface area contributed by atoms with Crippen molar-refractivity contribution in [2.45, 2.75) is 19.4 Å². The molecule has 0 atom stereocenters. The Morgan fingerprint density at radius 1 is 1.59 bits per heavy atom. The summed E-state index contributed by atoms with van der Waals surface area (Å²) in [5.74, 6) is -0.576. The molecule has 0 aliphatic carbocycles. The molecule has 0 radical (unpaired) electrons. The van der Waals surface area contributed by atoms with Gasteiger partial charge in [-0.2, -0.15) is 0 Å². The van der Waals surface area contributed by atoms with Crippen LogP contribution in [0.4, 0.5) is 8.78 Å². The maximum atomic E-state index is 12.6. The first-order valence-electron chi connectivity index (χ1n) is 4.79. The fourth-order valence-electron chi connectivity index (χ4n) is 1.41. The predicted octanol–water partition coefficient (Wildman–Crippen LogP) is 0.487. The highest BCUT2D eigenvalue weighted by atomic mass is 19.3. The molecule has 5 nitrogen and oxygen atoms in total. The Balaban J connectivity index is 3.18. The monoisotopic (exact) mass is 246 g/mol. The molecule has 1 rings (SSSR count). The van der Waals surface area contributed by atoms with Crippen LogP contribution in [0.15, 0.2) is 10.9 Å². The van der Waals surface area contributed by atoms with Gasteiger partial charge in [0.1, 0.15) is 0 Å². The summed E-state index contributed by atoms with van der Waals surface area (Å²) in [6.45, 7) is -0.197. The predicted molar refractivity (Wildman–Crippen MR) is 55.6 cm³/mol. The second-order valence-electron chi connectivity index (χ2n) is 3.32. The molecule has 0 amide bonds. The highest BCUT2D eigenvalue weighted by molar-refractivity contribution is 5.71. The first kappa shape index (κ1) is 13.3. The van der Waals surface area contributed by atoms with Crippen molar-refractivity contribution in [3.05, 3.63) is 33.2 Å². The number of methoxy groups -OCH3 is 1. The van der Waals surface area contributed by atoms with E-state index in [-0.39, 0.29) is 24.2 Å². The van der Waals surface area contributed by atoms with Crippen molar-refractivity contribution in [3.8, 4) is 0 Å². The Labute approximate surface area is 95.6 Å². The van der Waals surface area contributed by atoms with E-state index in [1.165, 1.54) is 13.2 Å². The normalized spacial score (nSPS) is 10.6. The van der Waals surface area contributed by atoms with Gasteiger partial charge in [0.25, 0.3) is 12.0 Å². The lowest BCUT2D eigenvalue weighted by molar-refractivity contribution is -0.139. The van der Waals surface area contributed by atoms with Gasteiger partial charge in [0, 0.05) is 12.2 Å². The van der Waals surface area contributed by atoms with Crippen LogP contribution in [0.2, 0.25) is 0 Å². The Bertz CT molecular complexity index is 471.